The Morgan fingerprint density at radius 2 is 1.88 bits per heavy atom. The minimum atomic E-state index is -3.87. The fraction of sp³-hybridized carbons (Fsp3) is 0.529. The molecule has 0 aromatic heterocycles. The van der Waals surface area contributed by atoms with Crippen LogP contribution in [0.2, 0.25) is 0 Å². The highest BCUT2D eigenvalue weighted by Crippen LogP contribution is 2.33. The van der Waals surface area contributed by atoms with Gasteiger partial charge in [-0.05, 0) is 31.5 Å². The Hall–Kier alpha value is -1.97. The average Bonchev–Trinajstić information content (AvgIpc) is 2.61. The number of anilines is 1. The summed E-state index contributed by atoms with van der Waals surface area (Å²) in [5, 5.41) is 0. The van der Waals surface area contributed by atoms with Crippen molar-refractivity contribution in [2.75, 3.05) is 31.8 Å². The summed E-state index contributed by atoms with van der Waals surface area (Å²) in [6, 6.07) is 4.03. The Kier molecular flexibility index (Phi) is 5.31. The second-order valence-corrected chi connectivity index (χ2v) is 8.21. The number of benzene rings is 1. The van der Waals surface area contributed by atoms with Gasteiger partial charge >= 0.3 is 0 Å². The predicted octanol–water partition coefficient (Wildman–Crippen LogP) is 1.15. The molecule has 2 heterocycles. The molecule has 2 saturated heterocycles. The number of methoxy groups -OCH3 is 1. The van der Waals surface area contributed by atoms with E-state index in [9.17, 15) is 18.0 Å². The first-order valence-electron chi connectivity index (χ1n) is 8.49. The van der Waals surface area contributed by atoms with Gasteiger partial charge in [-0.2, -0.15) is 4.31 Å². The van der Waals surface area contributed by atoms with Gasteiger partial charge < -0.3 is 9.47 Å². The van der Waals surface area contributed by atoms with Crippen LogP contribution in [0.25, 0.3) is 0 Å². The van der Waals surface area contributed by atoms with Gasteiger partial charge in [-0.25, -0.2) is 8.42 Å². The molecule has 8 nitrogen and oxygen atoms in total. The summed E-state index contributed by atoms with van der Waals surface area (Å²) in [6.07, 6.45) is 1.04. The van der Waals surface area contributed by atoms with Crippen LogP contribution in [-0.2, 0) is 24.3 Å². The zero-order valence-electron chi connectivity index (χ0n) is 14.8. The van der Waals surface area contributed by atoms with Crippen molar-refractivity contribution in [2.24, 2.45) is 0 Å². The van der Waals surface area contributed by atoms with Crippen molar-refractivity contribution < 1.29 is 27.5 Å². The molecule has 2 aliphatic heterocycles. The maximum Gasteiger partial charge on any atom is 0.247 e. The summed E-state index contributed by atoms with van der Waals surface area (Å²) in [6.45, 7) is 2.63. The van der Waals surface area contributed by atoms with Crippen LogP contribution < -0.4 is 9.64 Å². The smallest absolute Gasteiger partial charge is 0.247 e. The van der Waals surface area contributed by atoms with Crippen LogP contribution in [0.1, 0.15) is 26.2 Å². The molecular weight excluding hydrogens is 360 g/mol. The summed E-state index contributed by atoms with van der Waals surface area (Å²) < 4.78 is 38.3. The second-order valence-electron chi connectivity index (χ2n) is 6.35. The van der Waals surface area contributed by atoms with Gasteiger partial charge in [-0.15, -0.1) is 0 Å². The molecule has 0 aliphatic carbocycles. The van der Waals surface area contributed by atoms with Gasteiger partial charge in [0.25, 0.3) is 0 Å². The third-order valence-electron chi connectivity index (χ3n) is 4.58. The van der Waals surface area contributed by atoms with Crippen molar-refractivity contribution in [1.82, 2.24) is 4.31 Å². The molecule has 1 atom stereocenters. The molecule has 2 fully saturated rings. The van der Waals surface area contributed by atoms with Gasteiger partial charge in [-0.3, -0.25) is 14.5 Å². The molecular formula is C17H22N2O6S. The average molecular weight is 382 g/mol. The summed E-state index contributed by atoms with van der Waals surface area (Å²) >= 11 is 0. The largest absolute Gasteiger partial charge is 0.495 e. The molecule has 1 aromatic rings. The Labute approximate surface area is 152 Å². The van der Waals surface area contributed by atoms with Gasteiger partial charge in [0.05, 0.1) is 26.0 Å². The quantitative estimate of drug-likeness (QED) is 0.725. The molecule has 142 valence electrons. The van der Waals surface area contributed by atoms with Gasteiger partial charge in [0.15, 0.2) is 0 Å². The molecule has 1 unspecified atom stereocenters. The number of amides is 2. The van der Waals surface area contributed by atoms with Crippen LogP contribution in [0, 0.1) is 0 Å². The van der Waals surface area contributed by atoms with E-state index >= 15 is 0 Å². The lowest BCUT2D eigenvalue weighted by Gasteiger charge is -2.33. The molecule has 3 rings (SSSR count). The molecule has 1 aromatic carbocycles. The maximum atomic E-state index is 13.2. The first kappa shape index (κ1) is 18.8. The topological polar surface area (TPSA) is 93.2 Å². The molecule has 2 aliphatic rings. The Morgan fingerprint density at radius 3 is 2.50 bits per heavy atom. The van der Waals surface area contributed by atoms with Crippen molar-refractivity contribution in [3.05, 3.63) is 18.2 Å². The first-order valence-corrected chi connectivity index (χ1v) is 9.93. The van der Waals surface area contributed by atoms with E-state index < -0.39 is 10.0 Å². The monoisotopic (exact) mass is 382 g/mol. The lowest BCUT2D eigenvalue weighted by molar-refractivity contribution is -0.129. The van der Waals surface area contributed by atoms with E-state index in [1.165, 1.54) is 29.6 Å². The predicted molar refractivity (Wildman–Crippen MR) is 93.5 cm³/mol. The van der Waals surface area contributed by atoms with E-state index in [-0.39, 0.29) is 53.6 Å². The lowest BCUT2D eigenvalue weighted by atomic mass is 10.1. The Balaban J connectivity index is 2.05. The minimum Gasteiger partial charge on any atom is -0.495 e. The first-order chi connectivity index (χ1) is 12.4. The SMILES string of the molecule is COc1ccc(N2C(=O)CCCC2=O)cc1S(=O)(=O)N1CCOCC1C. The fourth-order valence-corrected chi connectivity index (χ4v) is 5.02. The summed E-state index contributed by atoms with van der Waals surface area (Å²) in [7, 11) is -2.49. The fourth-order valence-electron chi connectivity index (χ4n) is 3.24. The van der Waals surface area contributed by atoms with Gasteiger partial charge in [0.2, 0.25) is 21.8 Å². The number of sulfonamides is 1. The summed E-state index contributed by atoms with van der Waals surface area (Å²) in [5.74, 6) is -0.478. The van der Waals surface area contributed by atoms with E-state index in [1.54, 1.807) is 6.92 Å². The zero-order valence-corrected chi connectivity index (χ0v) is 15.6. The van der Waals surface area contributed by atoms with Crippen LogP contribution in [0.3, 0.4) is 0 Å². The number of imide groups is 1. The minimum absolute atomic E-state index is 0.0579. The maximum absolute atomic E-state index is 13.2. The van der Waals surface area contributed by atoms with Crippen LogP contribution in [-0.4, -0.2) is 57.4 Å². The normalized spacial score (nSPS) is 22.5. The number of carbonyl (C=O) groups excluding carboxylic acids is 2. The van der Waals surface area contributed by atoms with Crippen molar-refractivity contribution in [1.29, 1.82) is 0 Å². The van der Waals surface area contributed by atoms with Crippen LogP contribution in [0.5, 0.6) is 5.75 Å². The number of nitrogens with zero attached hydrogens (tertiary/aromatic N) is 2. The van der Waals surface area contributed by atoms with Gasteiger partial charge in [-0.1, -0.05) is 0 Å². The molecule has 0 spiro atoms. The third kappa shape index (κ3) is 3.34. The summed E-state index contributed by atoms with van der Waals surface area (Å²) in [5.41, 5.74) is 0.250. The second kappa shape index (κ2) is 7.34. The highest BCUT2D eigenvalue weighted by Gasteiger charge is 2.35. The van der Waals surface area contributed by atoms with E-state index in [4.69, 9.17) is 9.47 Å². The molecule has 9 heteroatoms. The number of rotatable bonds is 4. The van der Waals surface area contributed by atoms with E-state index in [1.807, 2.05) is 0 Å². The Morgan fingerprint density at radius 1 is 1.19 bits per heavy atom. The molecule has 2 amide bonds. The number of ether oxygens (including phenoxy) is 2. The number of morpholine rings is 1. The van der Waals surface area contributed by atoms with Crippen molar-refractivity contribution in [3.63, 3.8) is 0 Å². The third-order valence-corrected chi connectivity index (χ3v) is 6.61. The van der Waals surface area contributed by atoms with Crippen LogP contribution in [0.15, 0.2) is 23.1 Å². The number of hydrogen-bond donors (Lipinski definition) is 0. The highest BCUT2D eigenvalue weighted by atomic mass is 32.2. The number of piperidine rings is 1. The number of hydrogen-bond acceptors (Lipinski definition) is 6. The van der Waals surface area contributed by atoms with Crippen molar-refractivity contribution >= 4 is 27.5 Å². The molecule has 0 radical (unpaired) electrons. The Bertz CT molecular complexity index is 807. The molecule has 0 N–H and O–H groups in total. The molecule has 0 bridgehead atoms. The van der Waals surface area contributed by atoms with Crippen LogP contribution in [0.4, 0.5) is 5.69 Å². The lowest BCUT2D eigenvalue weighted by Crippen LogP contribution is -2.47. The summed E-state index contributed by atoms with van der Waals surface area (Å²) in [4.78, 5) is 25.3. The van der Waals surface area contributed by atoms with E-state index in [0.717, 1.165) is 4.90 Å². The van der Waals surface area contributed by atoms with E-state index in [0.29, 0.717) is 19.6 Å². The highest BCUT2D eigenvalue weighted by molar-refractivity contribution is 7.89. The van der Waals surface area contributed by atoms with E-state index in [2.05, 4.69) is 0 Å². The molecule has 26 heavy (non-hydrogen) atoms. The standard InChI is InChI=1S/C17H22N2O6S/c1-12-11-25-9-8-18(12)26(22,23)15-10-13(6-7-14(15)24-2)19-16(20)4-3-5-17(19)21/h6-7,10,12H,3-5,8-9,11H2,1-2H3. The van der Waals surface area contributed by atoms with Crippen molar-refractivity contribution in [2.45, 2.75) is 37.1 Å². The van der Waals surface area contributed by atoms with Gasteiger partial charge in [0, 0.05) is 25.4 Å². The molecule has 0 saturated carbocycles. The van der Waals surface area contributed by atoms with Crippen molar-refractivity contribution in [3.8, 4) is 5.75 Å². The van der Waals surface area contributed by atoms with Gasteiger partial charge in [0.1, 0.15) is 10.6 Å². The number of carbonyl (C=O) groups is 2. The zero-order chi connectivity index (χ0) is 18.9. The van der Waals surface area contributed by atoms with Crippen LogP contribution >= 0.6 is 0 Å².